The summed E-state index contributed by atoms with van der Waals surface area (Å²) < 4.78 is 89.1. The molecule has 6 aromatic carbocycles. The number of halogens is 6. The molecule has 0 aliphatic carbocycles. The first-order chi connectivity index (χ1) is 42.4. The van der Waals surface area contributed by atoms with Crippen LogP contribution in [0.1, 0.15) is 84.8 Å². The fraction of sp³-hybridized carbons (Fsp3) is 0.306. The maximum atomic E-state index is 11.5. The van der Waals surface area contributed by atoms with Gasteiger partial charge >= 0.3 is 74.3 Å². The van der Waals surface area contributed by atoms with Crippen LogP contribution in [0.25, 0.3) is 12.2 Å². The molecule has 19 nitrogen and oxygen atoms in total. The summed E-state index contributed by atoms with van der Waals surface area (Å²) in [6.45, 7) is 26.3. The number of benzene rings is 6. The molecular formula is C62H91BBr6NNa2O18S6Si2. The number of hydrogen-bond donors (Lipinski definition) is 4. The van der Waals surface area contributed by atoms with Gasteiger partial charge in [0.2, 0.25) is 0 Å². The third-order valence-corrected chi connectivity index (χ3v) is 23.4. The Morgan fingerprint density at radius 1 is 0.561 bits per heavy atom. The topological polar surface area (TPSA) is 422 Å². The Bertz CT molecular complexity index is 3720. The quantitative estimate of drug-likeness (QED) is 0.0301. The number of aryl methyl sites for hydroxylation is 2. The number of hydrogen-bond acceptors (Lipinski definition) is 15. The number of thioether (sulfide) groups is 1. The van der Waals surface area contributed by atoms with Crippen LogP contribution < -0.4 is 0 Å². The monoisotopic (exact) mass is 1920 g/mol. The Balaban J connectivity index is -0.000000156. The molecule has 0 bridgehead atoms. The number of carbonyl (C=O) groups excluding carboxylic acids is 1. The van der Waals surface area contributed by atoms with E-state index in [2.05, 4.69) is 264 Å². The zero-order chi connectivity index (χ0) is 69.9. The van der Waals surface area contributed by atoms with Crippen LogP contribution in [0.4, 0.5) is 0 Å². The van der Waals surface area contributed by atoms with Crippen molar-refractivity contribution in [3.8, 4) is 0 Å². The number of nitrogens with zero attached hydrogens (tertiary/aromatic N) is 1. The van der Waals surface area contributed by atoms with E-state index in [4.69, 9.17) is 14.4 Å². The van der Waals surface area contributed by atoms with E-state index in [0.29, 0.717) is 0 Å². The summed E-state index contributed by atoms with van der Waals surface area (Å²) >= 11 is 28.3. The number of alkyl halides is 2. The number of sulfone groups is 3. The molecule has 0 saturated heterocycles. The van der Waals surface area contributed by atoms with Gasteiger partial charge < -0.3 is 52.3 Å². The summed E-state index contributed by atoms with van der Waals surface area (Å²) in [5.41, 5.74) is 20.5. The second kappa shape index (κ2) is 58.8. The van der Waals surface area contributed by atoms with Crippen molar-refractivity contribution in [2.45, 2.75) is 117 Å². The Hall–Kier alpha value is -0.311. The second-order valence-corrected chi connectivity index (χ2v) is 44.7. The van der Waals surface area contributed by atoms with Crippen molar-refractivity contribution < 1.29 is 87.6 Å². The van der Waals surface area contributed by atoms with E-state index in [-0.39, 0.29) is 85.2 Å². The van der Waals surface area contributed by atoms with Gasteiger partial charge in [-0.05, 0) is 140 Å². The average Bonchev–Trinajstić information content (AvgIpc) is 1.68. The van der Waals surface area contributed by atoms with Crippen molar-refractivity contribution in [3.05, 3.63) is 230 Å². The van der Waals surface area contributed by atoms with E-state index < -0.39 is 51.6 Å². The zero-order valence-electron chi connectivity index (χ0n) is 56.6. The molecule has 4 aliphatic heterocycles. The van der Waals surface area contributed by atoms with Crippen molar-refractivity contribution in [2.75, 3.05) is 0 Å². The van der Waals surface area contributed by atoms with Gasteiger partial charge in [-0.15, -0.1) is 12.3 Å². The molecule has 36 heteroatoms. The van der Waals surface area contributed by atoms with Crippen LogP contribution in [-0.2, 0) is 95.9 Å². The minimum absolute atomic E-state index is 0. The summed E-state index contributed by atoms with van der Waals surface area (Å²) in [7, 11) is -6.31. The van der Waals surface area contributed by atoms with Gasteiger partial charge in [-0.25, -0.2) is 30.0 Å². The van der Waals surface area contributed by atoms with Crippen LogP contribution in [0, 0.1) is 13.8 Å². The molecule has 1 radical (unpaired) electrons. The Morgan fingerprint density at radius 3 is 1.24 bits per heavy atom. The number of thiol groups is 1. The number of carbonyl (C=O) groups is 1. The molecule has 17 N–H and O–H groups in total. The average molecular weight is 1920 g/mol. The predicted molar refractivity (Wildman–Crippen MR) is 445 cm³/mol. The van der Waals surface area contributed by atoms with E-state index in [0.717, 1.165) is 75.5 Å². The normalized spacial score (nSPS) is 13.0. The molecular weight excluding hydrogens is 1830 g/mol. The molecule has 6 aromatic rings. The van der Waals surface area contributed by atoms with Crippen LogP contribution in [0.3, 0.4) is 0 Å². The van der Waals surface area contributed by atoms with Gasteiger partial charge in [0, 0.05) is 47.0 Å². The first-order valence-corrected chi connectivity index (χ1v) is 56.1. The van der Waals surface area contributed by atoms with Crippen molar-refractivity contribution in [2.24, 2.45) is 4.30 Å². The Kier molecular flexibility index (Phi) is 68.1. The molecule has 0 fully saturated rings. The van der Waals surface area contributed by atoms with Crippen molar-refractivity contribution in [1.82, 2.24) is 0 Å². The summed E-state index contributed by atoms with van der Waals surface area (Å²) in [4.78, 5) is 12.5. The molecule has 4 aliphatic rings. The van der Waals surface area contributed by atoms with Gasteiger partial charge in [0.1, 0.15) is 0 Å². The molecule has 98 heavy (non-hydrogen) atoms. The first kappa shape index (κ1) is 114. The van der Waals surface area contributed by atoms with E-state index in [1.165, 1.54) is 93.0 Å². The third kappa shape index (κ3) is 50.2. The number of rotatable bonds is 6. The van der Waals surface area contributed by atoms with E-state index in [1.807, 2.05) is 66.4 Å². The predicted octanol–water partition coefficient (Wildman–Crippen LogP) is 13.5. The molecule has 4 heterocycles. The third-order valence-electron chi connectivity index (χ3n) is 12.2. The fourth-order valence-electron chi connectivity index (χ4n) is 7.56. The fourth-order valence-corrected chi connectivity index (χ4v) is 16.9. The molecule has 0 amide bonds. The van der Waals surface area contributed by atoms with Crippen molar-refractivity contribution in [3.63, 3.8) is 0 Å². The molecule has 0 atom stereocenters. The SMILES string of the molecule is BrCc1ccc(Br)cc1CBr.Brc1ccc2c(c1)CSC2.C=C[Si](C)(C)C.C=Cc1ccc2c(c1)CS(=O)(=O)C2.CC(=O)OO.C[Si](C)(C)/C=C/c1ccc2c(c1)CS(=O)(=O)C2.Cc1ccc(Br)cc1C.O.O.O.O.O.O.O.O=S1(=O)Cc2ccc(Br)cc2C1.OSO.[B]=NS.[Na][Na]. The number of fused-ring (bicyclic) bond motifs is 4. The summed E-state index contributed by atoms with van der Waals surface area (Å²) in [6.07, 6.45) is 3.85. The Morgan fingerprint density at radius 2 is 0.878 bits per heavy atom. The van der Waals surface area contributed by atoms with Crippen LogP contribution >= 0.6 is 132 Å². The minimum atomic E-state index is -2.88. The van der Waals surface area contributed by atoms with Gasteiger partial charge in [-0.1, -0.05) is 220 Å². The molecule has 0 unspecified atom stereocenters. The zero-order valence-corrected chi connectivity index (χ0v) is 77.1. The van der Waals surface area contributed by atoms with E-state index in [9.17, 15) is 30.0 Å². The summed E-state index contributed by atoms with van der Waals surface area (Å²) in [6, 6.07) is 36.4. The van der Waals surface area contributed by atoms with Gasteiger partial charge in [0.15, 0.2) is 41.8 Å². The van der Waals surface area contributed by atoms with Gasteiger partial charge in [-0.3, -0.25) is 0 Å². The van der Waals surface area contributed by atoms with Gasteiger partial charge in [0.05, 0.1) is 50.7 Å². The van der Waals surface area contributed by atoms with Crippen molar-refractivity contribution >= 4 is 248 Å². The molecule has 0 aromatic heterocycles. The first-order valence-electron chi connectivity index (χ1n) is 27.8. The molecule has 0 spiro atoms. The summed E-state index contributed by atoms with van der Waals surface area (Å²) in [5, 5.41) is 9.12. The molecule has 543 valence electrons. The van der Waals surface area contributed by atoms with E-state index in [1.54, 1.807) is 6.08 Å². The van der Waals surface area contributed by atoms with Crippen LogP contribution in [0.15, 0.2) is 156 Å². The Labute approximate surface area is 676 Å². The van der Waals surface area contributed by atoms with Gasteiger partial charge in [-0.2, -0.15) is 17.0 Å². The van der Waals surface area contributed by atoms with Crippen molar-refractivity contribution in [1.29, 1.82) is 0 Å². The van der Waals surface area contributed by atoms with Gasteiger partial charge in [0.25, 0.3) is 0 Å². The summed E-state index contributed by atoms with van der Waals surface area (Å²) in [5.74, 6) is 2.89. The molecule has 0 saturated carbocycles. The standard InChI is InChI=1S/C13H18O2SSi.C10H10O2S.C8H7Br3.C8H7BrO2S.C8H7BrS.C8H9Br.C5H12Si.C2H4O3.BHNS.2Na.H2O2S.7H2O/c1-17(2,3)7-6-11-4-5-12-9-16(14,15)10-13(12)8-11;1-2-8-3-4-9-6-13(11,12)7-10(9)5-8;9-4-6-1-2-8(11)3-7(6)5-10;9-8-2-1-6-4-12(10,11)5-7(6)3-8;9-8-2-1-6-4-10-5-7(6)3-8;1-6-3-4-8(9)5-7(6)2;1-5-6(2,3)4;1-2(3)5-4;1-2-3;;;1-3-2;;;;;;;/h4-8H,9-10H2,1-3H3;2-5H,1,6-7H2;1-3H,4-5H2;1-3H,4-5H2;1-3H,4-5H2;3-5H,1-2H3;5H,1H2,2-4H3;4H,1H3;3H;;;1-2H;7*1H2/b7-6+;;;;;;;;;;;;;;;;;;. The second-order valence-electron chi connectivity index (χ2n) is 22.1. The van der Waals surface area contributed by atoms with Crippen LogP contribution in [0.2, 0.25) is 39.3 Å². The van der Waals surface area contributed by atoms with E-state index >= 15 is 0 Å². The molecule has 10 rings (SSSR count). The maximum absolute atomic E-state index is 11.5. The van der Waals surface area contributed by atoms with Crippen LogP contribution in [-0.4, -0.2) is 151 Å². The van der Waals surface area contributed by atoms with Crippen LogP contribution in [0.5, 0.6) is 0 Å².